The van der Waals surface area contributed by atoms with Crippen LogP contribution in [0.15, 0.2) is 0 Å². The van der Waals surface area contributed by atoms with E-state index in [2.05, 4.69) is 0 Å². The molecular formula is C6H10F2O4. The molecule has 0 aliphatic heterocycles. The van der Waals surface area contributed by atoms with Gasteiger partial charge >= 0.3 is 0 Å². The van der Waals surface area contributed by atoms with Crippen molar-refractivity contribution in [1.29, 1.82) is 0 Å². The summed E-state index contributed by atoms with van der Waals surface area (Å²) >= 11 is 0. The fourth-order valence-electron chi connectivity index (χ4n) is 1.18. The molecule has 4 atom stereocenters. The summed E-state index contributed by atoms with van der Waals surface area (Å²) in [6.07, 6.45) is -8.75. The number of rotatable bonds is 0. The van der Waals surface area contributed by atoms with Gasteiger partial charge in [0.2, 0.25) is 0 Å². The van der Waals surface area contributed by atoms with Crippen molar-refractivity contribution >= 4 is 0 Å². The standard InChI is InChI=1S/C6H10F2O4/c7-6(8)1-2(9)3(10)4(11)5(6)12/h2-5,9-12H,1H2/t2-,3-,4+,5+/m0/s1. The van der Waals surface area contributed by atoms with Crippen molar-refractivity contribution < 1.29 is 29.2 Å². The molecule has 0 spiro atoms. The summed E-state index contributed by atoms with van der Waals surface area (Å²) < 4.78 is 25.2. The van der Waals surface area contributed by atoms with Gasteiger partial charge in [0.1, 0.15) is 18.3 Å². The molecule has 0 aromatic heterocycles. The van der Waals surface area contributed by atoms with Gasteiger partial charge < -0.3 is 20.4 Å². The lowest BCUT2D eigenvalue weighted by atomic mass is 9.87. The summed E-state index contributed by atoms with van der Waals surface area (Å²) in [5, 5.41) is 35.2. The van der Waals surface area contributed by atoms with Crippen molar-refractivity contribution in [2.24, 2.45) is 0 Å². The van der Waals surface area contributed by atoms with Gasteiger partial charge in [-0.3, -0.25) is 0 Å². The van der Waals surface area contributed by atoms with Crippen molar-refractivity contribution in [3.8, 4) is 0 Å². The van der Waals surface area contributed by atoms with E-state index >= 15 is 0 Å². The monoisotopic (exact) mass is 184 g/mol. The van der Waals surface area contributed by atoms with Gasteiger partial charge in [0, 0.05) is 6.42 Å². The Morgan fingerprint density at radius 3 is 2.00 bits per heavy atom. The number of alkyl halides is 2. The molecule has 6 heteroatoms. The summed E-state index contributed by atoms with van der Waals surface area (Å²) in [7, 11) is 0. The molecule has 4 nitrogen and oxygen atoms in total. The Morgan fingerprint density at radius 1 is 1.00 bits per heavy atom. The maximum Gasteiger partial charge on any atom is 0.278 e. The first kappa shape index (κ1) is 9.79. The van der Waals surface area contributed by atoms with Gasteiger partial charge in [0.25, 0.3) is 5.92 Å². The lowest BCUT2D eigenvalue weighted by Gasteiger charge is -2.37. The Bertz CT molecular complexity index is 175. The third kappa shape index (κ3) is 1.42. The predicted molar refractivity (Wildman–Crippen MR) is 33.6 cm³/mol. The second-order valence-corrected chi connectivity index (χ2v) is 2.96. The highest BCUT2D eigenvalue weighted by molar-refractivity contribution is 4.97. The number of hydrogen-bond donors (Lipinski definition) is 4. The minimum absolute atomic E-state index is 1.04. The van der Waals surface area contributed by atoms with Crippen LogP contribution in [0.5, 0.6) is 0 Å². The fraction of sp³-hybridized carbons (Fsp3) is 1.00. The van der Waals surface area contributed by atoms with E-state index in [9.17, 15) is 8.78 Å². The molecule has 0 bridgehead atoms. The zero-order chi connectivity index (χ0) is 9.52. The maximum absolute atomic E-state index is 12.6. The molecule has 1 fully saturated rings. The zero-order valence-electron chi connectivity index (χ0n) is 6.06. The molecule has 72 valence electrons. The number of hydrogen-bond acceptors (Lipinski definition) is 4. The molecule has 1 rings (SSSR count). The summed E-state index contributed by atoms with van der Waals surface area (Å²) in [6, 6.07) is 0. The van der Waals surface area contributed by atoms with Crippen LogP contribution in [0.4, 0.5) is 8.78 Å². The second kappa shape index (κ2) is 2.88. The van der Waals surface area contributed by atoms with Gasteiger partial charge in [-0.1, -0.05) is 0 Å². The molecule has 0 aromatic rings. The zero-order valence-corrected chi connectivity index (χ0v) is 6.06. The number of aliphatic hydroxyl groups excluding tert-OH is 4. The highest BCUT2D eigenvalue weighted by Crippen LogP contribution is 2.33. The molecular weight excluding hydrogens is 174 g/mol. The van der Waals surface area contributed by atoms with E-state index in [4.69, 9.17) is 20.4 Å². The Morgan fingerprint density at radius 2 is 1.50 bits per heavy atom. The Balaban J connectivity index is 2.78. The van der Waals surface area contributed by atoms with E-state index < -0.39 is 36.8 Å². The van der Waals surface area contributed by atoms with E-state index in [1.165, 1.54) is 0 Å². The van der Waals surface area contributed by atoms with Crippen molar-refractivity contribution in [2.45, 2.75) is 36.8 Å². The van der Waals surface area contributed by atoms with Gasteiger partial charge in [0.05, 0.1) is 6.10 Å². The quantitative estimate of drug-likeness (QED) is 0.368. The Hall–Kier alpha value is -0.300. The third-order valence-electron chi connectivity index (χ3n) is 1.98. The molecule has 0 saturated heterocycles. The first-order valence-electron chi connectivity index (χ1n) is 3.46. The van der Waals surface area contributed by atoms with Crippen LogP contribution in [0.3, 0.4) is 0 Å². The van der Waals surface area contributed by atoms with Crippen molar-refractivity contribution in [3.05, 3.63) is 0 Å². The smallest absolute Gasteiger partial charge is 0.278 e. The molecule has 1 aliphatic rings. The van der Waals surface area contributed by atoms with Crippen molar-refractivity contribution in [1.82, 2.24) is 0 Å². The van der Waals surface area contributed by atoms with E-state index in [-0.39, 0.29) is 0 Å². The van der Waals surface area contributed by atoms with E-state index in [0.29, 0.717) is 0 Å². The topological polar surface area (TPSA) is 80.9 Å². The van der Waals surface area contributed by atoms with Crippen LogP contribution in [-0.2, 0) is 0 Å². The third-order valence-corrected chi connectivity index (χ3v) is 1.98. The predicted octanol–water partition coefficient (Wildman–Crippen LogP) is -1.53. The van der Waals surface area contributed by atoms with Gasteiger partial charge in [-0.05, 0) is 0 Å². The van der Waals surface area contributed by atoms with Crippen LogP contribution >= 0.6 is 0 Å². The SMILES string of the molecule is O[C@@H]1[C@@H](O)[C@@H](O)CC(F)(F)[C@@H]1O. The second-order valence-electron chi connectivity index (χ2n) is 2.96. The highest BCUT2D eigenvalue weighted by atomic mass is 19.3. The molecule has 1 aliphatic carbocycles. The summed E-state index contributed by atoms with van der Waals surface area (Å²) in [6.45, 7) is 0. The lowest BCUT2D eigenvalue weighted by Crippen LogP contribution is -2.59. The van der Waals surface area contributed by atoms with Crippen LogP contribution < -0.4 is 0 Å². The molecule has 1 saturated carbocycles. The minimum Gasteiger partial charge on any atom is -0.390 e. The van der Waals surface area contributed by atoms with Crippen LogP contribution in [0, 0.1) is 0 Å². The maximum atomic E-state index is 12.6. The van der Waals surface area contributed by atoms with E-state index in [0.717, 1.165) is 0 Å². The summed E-state index contributed by atoms with van der Waals surface area (Å²) in [5.74, 6) is -3.54. The van der Waals surface area contributed by atoms with Crippen LogP contribution in [0.1, 0.15) is 6.42 Å². The molecule has 0 aromatic carbocycles. The Kier molecular flexibility index (Phi) is 2.35. The minimum atomic E-state index is -3.54. The highest BCUT2D eigenvalue weighted by Gasteiger charge is 2.53. The van der Waals surface area contributed by atoms with Crippen molar-refractivity contribution in [3.63, 3.8) is 0 Å². The van der Waals surface area contributed by atoms with Gasteiger partial charge in [-0.25, -0.2) is 8.78 Å². The first-order chi connectivity index (χ1) is 5.36. The molecule has 0 radical (unpaired) electrons. The average molecular weight is 184 g/mol. The molecule has 12 heavy (non-hydrogen) atoms. The van der Waals surface area contributed by atoms with Gasteiger partial charge in [-0.15, -0.1) is 0 Å². The molecule has 4 N–H and O–H groups in total. The van der Waals surface area contributed by atoms with Gasteiger partial charge in [-0.2, -0.15) is 0 Å². The largest absolute Gasteiger partial charge is 0.390 e. The Labute approximate surface area is 67.1 Å². The van der Waals surface area contributed by atoms with E-state index in [1.54, 1.807) is 0 Å². The van der Waals surface area contributed by atoms with Crippen LogP contribution in [-0.4, -0.2) is 50.8 Å². The summed E-state index contributed by atoms with van der Waals surface area (Å²) in [4.78, 5) is 0. The molecule has 0 unspecified atom stereocenters. The lowest BCUT2D eigenvalue weighted by molar-refractivity contribution is -0.236. The van der Waals surface area contributed by atoms with Crippen molar-refractivity contribution in [2.75, 3.05) is 0 Å². The van der Waals surface area contributed by atoms with Crippen LogP contribution in [0.25, 0.3) is 0 Å². The first-order valence-corrected chi connectivity index (χ1v) is 3.46. The van der Waals surface area contributed by atoms with Crippen LogP contribution in [0.2, 0.25) is 0 Å². The number of halogens is 2. The molecule has 0 heterocycles. The fourth-order valence-corrected chi connectivity index (χ4v) is 1.18. The normalized spacial score (nSPS) is 47.5. The summed E-state index contributed by atoms with van der Waals surface area (Å²) in [5.41, 5.74) is 0. The average Bonchev–Trinajstić information content (AvgIpc) is 1.97. The molecule has 0 amide bonds. The van der Waals surface area contributed by atoms with E-state index in [1.807, 2.05) is 0 Å². The van der Waals surface area contributed by atoms with Gasteiger partial charge in [0.15, 0.2) is 0 Å². The number of aliphatic hydroxyl groups is 4.